The van der Waals surface area contributed by atoms with Crippen LogP contribution >= 0.6 is 12.2 Å². The van der Waals surface area contributed by atoms with E-state index in [1.165, 1.54) is 7.11 Å². The average molecular weight is 253 g/mol. The molecule has 92 valence electrons. The van der Waals surface area contributed by atoms with E-state index in [1.807, 2.05) is 30.3 Å². The first-order valence-corrected chi connectivity index (χ1v) is 5.44. The van der Waals surface area contributed by atoms with E-state index in [0.717, 1.165) is 5.56 Å². The fraction of sp³-hybridized carbons (Fsp3) is 0.273. The molecule has 1 aromatic carbocycles. The molecule has 6 heteroatoms. The summed E-state index contributed by atoms with van der Waals surface area (Å²) < 4.78 is 4.60. The summed E-state index contributed by atoms with van der Waals surface area (Å²) in [5.74, 6) is 4.90. The highest BCUT2D eigenvalue weighted by Gasteiger charge is 2.13. The second kappa shape index (κ2) is 6.82. The van der Waals surface area contributed by atoms with Gasteiger partial charge in [0.25, 0.3) is 0 Å². The predicted molar refractivity (Wildman–Crippen MR) is 68.8 cm³/mol. The molecule has 3 N–H and O–H groups in total. The summed E-state index contributed by atoms with van der Waals surface area (Å²) in [6.45, 7) is 0.563. The van der Waals surface area contributed by atoms with E-state index in [-0.39, 0.29) is 12.5 Å². The molecule has 1 aromatic rings. The number of esters is 1. The van der Waals surface area contributed by atoms with Crippen molar-refractivity contribution in [2.24, 2.45) is 5.84 Å². The molecule has 0 spiro atoms. The number of ether oxygens (including phenoxy) is 1. The number of nitrogens with one attached hydrogen (secondary N) is 1. The molecule has 0 fully saturated rings. The molecule has 0 atom stereocenters. The molecule has 0 bridgehead atoms. The third kappa shape index (κ3) is 4.38. The third-order valence-corrected chi connectivity index (χ3v) is 2.55. The number of hydrogen-bond donors (Lipinski definition) is 2. The van der Waals surface area contributed by atoms with Gasteiger partial charge in [0.05, 0.1) is 7.11 Å². The maximum absolute atomic E-state index is 11.2. The molecule has 0 radical (unpaired) electrons. The Morgan fingerprint density at radius 1 is 1.47 bits per heavy atom. The van der Waals surface area contributed by atoms with Gasteiger partial charge < -0.3 is 15.1 Å². The highest BCUT2D eigenvalue weighted by molar-refractivity contribution is 7.80. The van der Waals surface area contributed by atoms with Crippen LogP contribution in [0.1, 0.15) is 5.56 Å². The van der Waals surface area contributed by atoms with Crippen molar-refractivity contribution in [3.63, 3.8) is 0 Å². The maximum atomic E-state index is 11.2. The van der Waals surface area contributed by atoms with Gasteiger partial charge in [-0.3, -0.25) is 4.79 Å². The molecule has 0 amide bonds. The number of carbonyl (C=O) groups is 1. The van der Waals surface area contributed by atoms with Crippen LogP contribution in [0.5, 0.6) is 0 Å². The Kier molecular flexibility index (Phi) is 5.38. The first-order valence-electron chi connectivity index (χ1n) is 5.03. The van der Waals surface area contributed by atoms with Crippen molar-refractivity contribution in [3.8, 4) is 0 Å². The predicted octanol–water partition coefficient (Wildman–Crippen LogP) is 0.410. The number of nitrogens with two attached hydrogens (primary N) is 1. The number of nitrogens with zero attached hydrogens (tertiary/aromatic N) is 1. The Bertz CT molecular complexity index is 384. The second-order valence-electron chi connectivity index (χ2n) is 3.37. The Morgan fingerprint density at radius 3 is 2.65 bits per heavy atom. The number of benzene rings is 1. The molecule has 0 saturated heterocycles. The maximum Gasteiger partial charge on any atom is 0.325 e. The number of carbonyl (C=O) groups excluding carboxylic acids is 1. The monoisotopic (exact) mass is 253 g/mol. The fourth-order valence-electron chi connectivity index (χ4n) is 1.31. The minimum absolute atomic E-state index is 0.0639. The third-order valence-electron chi connectivity index (χ3n) is 2.17. The Morgan fingerprint density at radius 2 is 2.12 bits per heavy atom. The first-order chi connectivity index (χ1) is 8.17. The lowest BCUT2D eigenvalue weighted by molar-refractivity contribution is -0.141. The molecule has 0 aliphatic carbocycles. The van der Waals surface area contributed by atoms with E-state index in [9.17, 15) is 4.79 Å². The van der Waals surface area contributed by atoms with Crippen LogP contribution in [0.3, 0.4) is 0 Å². The van der Waals surface area contributed by atoms with E-state index < -0.39 is 0 Å². The number of hydrazine groups is 1. The lowest BCUT2D eigenvalue weighted by Gasteiger charge is -2.23. The molecule has 0 unspecified atom stereocenters. The lowest BCUT2D eigenvalue weighted by atomic mass is 10.2. The highest BCUT2D eigenvalue weighted by atomic mass is 32.1. The second-order valence-corrected chi connectivity index (χ2v) is 3.75. The summed E-state index contributed by atoms with van der Waals surface area (Å²) in [5, 5.41) is 0.305. The number of hydrogen-bond acceptors (Lipinski definition) is 4. The van der Waals surface area contributed by atoms with E-state index in [2.05, 4.69) is 10.2 Å². The van der Waals surface area contributed by atoms with Crippen LogP contribution in [-0.4, -0.2) is 29.6 Å². The average Bonchev–Trinajstić information content (AvgIpc) is 2.38. The van der Waals surface area contributed by atoms with Crippen molar-refractivity contribution < 1.29 is 9.53 Å². The van der Waals surface area contributed by atoms with Crippen LogP contribution in [0.25, 0.3) is 0 Å². The molecule has 0 aromatic heterocycles. The summed E-state index contributed by atoms with van der Waals surface area (Å²) >= 11 is 5.02. The fourth-order valence-corrected chi connectivity index (χ4v) is 1.44. The van der Waals surface area contributed by atoms with Crippen molar-refractivity contribution in [3.05, 3.63) is 35.9 Å². The Labute approximate surface area is 106 Å². The summed E-state index contributed by atoms with van der Waals surface area (Å²) in [5.41, 5.74) is 3.40. The zero-order valence-corrected chi connectivity index (χ0v) is 10.4. The standard InChI is InChI=1S/C11H15N3O2S/c1-16-10(15)8-14(11(17)13-12)7-9-5-3-2-4-6-9/h2-6H,7-8,12H2,1H3,(H,13,17). The zero-order chi connectivity index (χ0) is 12.7. The van der Waals surface area contributed by atoms with Crippen LogP contribution < -0.4 is 11.3 Å². The minimum atomic E-state index is -0.362. The molecular weight excluding hydrogens is 238 g/mol. The summed E-state index contributed by atoms with van der Waals surface area (Å²) in [6.07, 6.45) is 0. The molecule has 0 aliphatic heterocycles. The number of rotatable bonds is 4. The number of methoxy groups -OCH3 is 1. The van der Waals surface area contributed by atoms with E-state index in [1.54, 1.807) is 4.90 Å². The van der Waals surface area contributed by atoms with Crippen molar-refractivity contribution >= 4 is 23.3 Å². The van der Waals surface area contributed by atoms with Gasteiger partial charge in [-0.25, -0.2) is 5.84 Å². The summed E-state index contributed by atoms with van der Waals surface area (Å²) in [4.78, 5) is 12.9. The molecule has 0 heterocycles. The van der Waals surface area contributed by atoms with Crippen molar-refractivity contribution in [2.75, 3.05) is 13.7 Å². The Hall–Kier alpha value is -1.66. The molecule has 0 saturated carbocycles. The van der Waals surface area contributed by atoms with Gasteiger partial charge in [-0.2, -0.15) is 0 Å². The summed E-state index contributed by atoms with van der Waals surface area (Å²) in [7, 11) is 1.34. The van der Waals surface area contributed by atoms with Gasteiger partial charge >= 0.3 is 5.97 Å². The van der Waals surface area contributed by atoms with Crippen LogP contribution in [0.4, 0.5) is 0 Å². The molecule has 17 heavy (non-hydrogen) atoms. The van der Waals surface area contributed by atoms with Crippen LogP contribution in [-0.2, 0) is 16.1 Å². The van der Waals surface area contributed by atoms with Crippen molar-refractivity contribution in [1.82, 2.24) is 10.3 Å². The van der Waals surface area contributed by atoms with Crippen molar-refractivity contribution in [1.29, 1.82) is 0 Å². The normalized spacial score (nSPS) is 9.53. The van der Waals surface area contributed by atoms with Gasteiger partial charge in [0.2, 0.25) is 0 Å². The smallest absolute Gasteiger partial charge is 0.325 e. The molecule has 1 rings (SSSR count). The largest absolute Gasteiger partial charge is 0.468 e. The van der Waals surface area contributed by atoms with Gasteiger partial charge in [0.1, 0.15) is 6.54 Å². The quantitative estimate of drug-likeness (QED) is 0.351. The molecule has 5 nitrogen and oxygen atoms in total. The first kappa shape index (κ1) is 13.4. The van der Waals surface area contributed by atoms with Gasteiger partial charge in [-0.15, -0.1) is 0 Å². The highest BCUT2D eigenvalue weighted by Crippen LogP contribution is 2.04. The van der Waals surface area contributed by atoms with Gasteiger partial charge in [-0.05, 0) is 17.8 Å². The minimum Gasteiger partial charge on any atom is -0.468 e. The van der Waals surface area contributed by atoms with Gasteiger partial charge in [0, 0.05) is 6.54 Å². The molecule has 0 aliphatic rings. The lowest BCUT2D eigenvalue weighted by Crippen LogP contribution is -2.45. The molecular formula is C11H15N3O2S. The van der Waals surface area contributed by atoms with Crippen LogP contribution in [0.2, 0.25) is 0 Å². The van der Waals surface area contributed by atoms with Crippen molar-refractivity contribution in [2.45, 2.75) is 6.54 Å². The zero-order valence-electron chi connectivity index (χ0n) is 9.55. The Balaban J connectivity index is 2.70. The number of thiocarbonyl (C=S) groups is 1. The summed E-state index contributed by atoms with van der Waals surface area (Å²) in [6, 6.07) is 9.66. The van der Waals surface area contributed by atoms with E-state index in [4.69, 9.17) is 18.1 Å². The van der Waals surface area contributed by atoms with E-state index in [0.29, 0.717) is 11.7 Å². The van der Waals surface area contributed by atoms with E-state index >= 15 is 0 Å². The van der Waals surface area contributed by atoms with Gasteiger partial charge in [0.15, 0.2) is 5.11 Å². The SMILES string of the molecule is COC(=O)CN(Cc1ccccc1)C(=S)NN. The van der Waals surface area contributed by atoms with Crippen LogP contribution in [0, 0.1) is 0 Å². The topological polar surface area (TPSA) is 67.6 Å². The van der Waals surface area contributed by atoms with Crippen LogP contribution in [0.15, 0.2) is 30.3 Å². The van der Waals surface area contributed by atoms with Gasteiger partial charge in [-0.1, -0.05) is 30.3 Å².